The Morgan fingerprint density at radius 3 is 2.53 bits per heavy atom. The van der Waals surface area contributed by atoms with Crippen molar-refractivity contribution in [2.45, 2.75) is 83.4 Å². The fraction of sp³-hybridized carbons (Fsp3) is 0.696. The zero-order chi connectivity index (χ0) is 23.3. The van der Waals surface area contributed by atoms with Crippen molar-refractivity contribution in [3.05, 3.63) is 30.1 Å². The van der Waals surface area contributed by atoms with E-state index in [1.165, 1.54) is 4.90 Å². The van der Waals surface area contributed by atoms with Crippen LogP contribution in [0.4, 0.5) is 13.2 Å². The summed E-state index contributed by atoms with van der Waals surface area (Å²) in [6.45, 7) is 6.08. The summed E-state index contributed by atoms with van der Waals surface area (Å²) < 4.78 is 45.1. The molecule has 9 heteroatoms. The van der Waals surface area contributed by atoms with Gasteiger partial charge in [0.2, 0.25) is 5.91 Å². The van der Waals surface area contributed by atoms with Crippen LogP contribution in [-0.4, -0.2) is 63.6 Å². The highest BCUT2D eigenvalue weighted by Gasteiger charge is 2.56. The zero-order valence-electron chi connectivity index (χ0n) is 18.6. The third-order valence-electron chi connectivity index (χ3n) is 6.78. The van der Waals surface area contributed by atoms with Gasteiger partial charge in [0.25, 0.3) is 0 Å². The van der Waals surface area contributed by atoms with Crippen LogP contribution in [0.25, 0.3) is 0 Å². The maximum absolute atomic E-state index is 13.1. The van der Waals surface area contributed by atoms with Crippen molar-refractivity contribution in [1.29, 1.82) is 0 Å². The molecule has 6 nitrogen and oxygen atoms in total. The summed E-state index contributed by atoms with van der Waals surface area (Å²) in [5.41, 5.74) is 0.136. The molecule has 1 amide bonds. The molecule has 3 fully saturated rings. The maximum Gasteiger partial charge on any atom is 0.397 e. The van der Waals surface area contributed by atoms with Crippen LogP contribution in [0.3, 0.4) is 0 Å². The van der Waals surface area contributed by atoms with Gasteiger partial charge in [-0.25, -0.2) is 0 Å². The van der Waals surface area contributed by atoms with Gasteiger partial charge in [0.15, 0.2) is 0 Å². The molecule has 4 heterocycles. The van der Waals surface area contributed by atoms with Crippen LogP contribution in [0, 0.1) is 11.3 Å². The average Bonchev–Trinajstić information content (AvgIpc) is 2.66. The number of amides is 1. The van der Waals surface area contributed by atoms with Gasteiger partial charge in [-0.3, -0.25) is 19.5 Å². The largest absolute Gasteiger partial charge is 0.460 e. The molecular weight excluding hydrogens is 423 g/mol. The number of piperidine rings is 3. The second-order valence-electron chi connectivity index (χ2n) is 10.3. The van der Waals surface area contributed by atoms with E-state index in [2.05, 4.69) is 9.88 Å². The number of fused-ring (bicyclic) bond motifs is 2. The normalized spacial score (nSPS) is 30.3. The van der Waals surface area contributed by atoms with Crippen molar-refractivity contribution < 1.29 is 27.5 Å². The highest BCUT2D eigenvalue weighted by atomic mass is 19.4. The van der Waals surface area contributed by atoms with Crippen LogP contribution < -0.4 is 0 Å². The Hall–Kier alpha value is -2.16. The maximum atomic E-state index is 13.1. The van der Waals surface area contributed by atoms with E-state index in [0.717, 1.165) is 18.5 Å². The molecule has 176 valence electrons. The Labute approximate surface area is 186 Å². The summed E-state index contributed by atoms with van der Waals surface area (Å²) >= 11 is 0. The lowest BCUT2D eigenvalue weighted by Gasteiger charge is -2.61. The van der Waals surface area contributed by atoms with E-state index < -0.39 is 42.0 Å². The minimum absolute atomic E-state index is 0.134. The van der Waals surface area contributed by atoms with Crippen molar-refractivity contribution in [2.75, 3.05) is 6.54 Å². The van der Waals surface area contributed by atoms with Crippen molar-refractivity contribution in [2.24, 2.45) is 11.3 Å². The number of carbonyl (C=O) groups excluding carboxylic acids is 2. The number of aromatic nitrogens is 1. The molecule has 3 bridgehead atoms. The number of nitrogens with zero attached hydrogens (tertiary/aromatic N) is 3. The molecule has 1 aromatic rings. The van der Waals surface area contributed by atoms with E-state index in [1.807, 2.05) is 18.2 Å². The number of halogens is 3. The van der Waals surface area contributed by atoms with Gasteiger partial charge in [-0.15, -0.1) is 0 Å². The van der Waals surface area contributed by atoms with E-state index in [9.17, 15) is 22.8 Å². The average molecular weight is 454 g/mol. The summed E-state index contributed by atoms with van der Waals surface area (Å²) in [6.07, 6.45) is -2.94. The SMILES string of the molecule is CC(C)(C)C(=O)OC1CC2CC3CC(C1N(C(=O)CC(F)(F)F)C3)N2Cc1ccccn1. The van der Waals surface area contributed by atoms with Crippen molar-refractivity contribution in [3.8, 4) is 0 Å². The number of carbonyl (C=O) groups is 2. The Morgan fingerprint density at radius 1 is 1.16 bits per heavy atom. The zero-order valence-corrected chi connectivity index (χ0v) is 18.6. The number of hydrogen-bond acceptors (Lipinski definition) is 5. The highest BCUT2D eigenvalue weighted by Crippen LogP contribution is 2.45. The van der Waals surface area contributed by atoms with Crippen LogP contribution in [-0.2, 0) is 20.9 Å². The third kappa shape index (κ3) is 4.77. The van der Waals surface area contributed by atoms with Gasteiger partial charge in [0, 0.05) is 37.8 Å². The van der Waals surface area contributed by atoms with E-state index in [1.54, 1.807) is 27.0 Å². The number of likely N-dealkylation sites (tertiary alicyclic amines) is 1. The van der Waals surface area contributed by atoms with E-state index in [4.69, 9.17) is 4.74 Å². The first-order chi connectivity index (χ1) is 14.9. The molecule has 0 spiro atoms. The smallest absolute Gasteiger partial charge is 0.397 e. The first-order valence-electron chi connectivity index (χ1n) is 11.2. The van der Waals surface area contributed by atoms with Crippen LogP contribution in [0.2, 0.25) is 0 Å². The van der Waals surface area contributed by atoms with Gasteiger partial charge < -0.3 is 9.64 Å². The molecule has 5 unspecified atom stereocenters. The molecule has 4 rings (SSSR count). The van der Waals surface area contributed by atoms with Gasteiger partial charge in [-0.1, -0.05) is 6.07 Å². The molecule has 1 aromatic heterocycles. The quantitative estimate of drug-likeness (QED) is 0.653. The number of ether oxygens (including phenoxy) is 1. The highest BCUT2D eigenvalue weighted by molar-refractivity contribution is 5.78. The number of pyridine rings is 1. The predicted molar refractivity (Wildman–Crippen MR) is 110 cm³/mol. The number of esters is 1. The molecule has 32 heavy (non-hydrogen) atoms. The minimum atomic E-state index is -4.58. The summed E-state index contributed by atoms with van der Waals surface area (Å²) in [7, 11) is 0. The van der Waals surface area contributed by atoms with Gasteiger partial charge in [0.1, 0.15) is 12.5 Å². The van der Waals surface area contributed by atoms with Crippen LogP contribution in [0.15, 0.2) is 24.4 Å². The van der Waals surface area contributed by atoms with Gasteiger partial charge >= 0.3 is 12.1 Å². The van der Waals surface area contributed by atoms with E-state index in [0.29, 0.717) is 13.0 Å². The fourth-order valence-electron chi connectivity index (χ4n) is 5.44. The monoisotopic (exact) mass is 453 g/mol. The Kier molecular flexibility index (Phi) is 5.98. The van der Waals surface area contributed by atoms with Crippen molar-refractivity contribution in [1.82, 2.24) is 14.8 Å². The molecule has 3 aliphatic rings. The van der Waals surface area contributed by atoms with Gasteiger partial charge in [-0.2, -0.15) is 13.2 Å². The summed E-state index contributed by atoms with van der Waals surface area (Å²) in [5, 5.41) is 0. The summed E-state index contributed by atoms with van der Waals surface area (Å²) in [6, 6.07) is 5.04. The molecule has 0 saturated carbocycles. The second kappa shape index (κ2) is 8.32. The van der Waals surface area contributed by atoms with E-state index in [-0.39, 0.29) is 24.5 Å². The fourth-order valence-corrected chi connectivity index (χ4v) is 5.44. The van der Waals surface area contributed by atoms with E-state index >= 15 is 0 Å². The standard InChI is InChI=1S/C23H30F3N3O3/c1-22(2,3)21(31)32-18-10-16-8-14-9-17(28(16)13-15-6-4-5-7-27-15)20(18)29(12-14)19(30)11-23(24,25)26/h4-7,14,16-18,20H,8-13H2,1-3H3. The topological polar surface area (TPSA) is 62.7 Å². The molecule has 0 aliphatic carbocycles. The second-order valence-corrected chi connectivity index (χ2v) is 10.3. The summed E-state index contributed by atoms with van der Waals surface area (Å²) in [4.78, 5) is 33.5. The van der Waals surface area contributed by atoms with Crippen LogP contribution in [0.1, 0.15) is 52.1 Å². The molecule has 3 aliphatic heterocycles. The lowest BCUT2D eigenvalue weighted by atomic mass is 9.70. The Balaban J connectivity index is 1.64. The molecule has 3 saturated heterocycles. The minimum Gasteiger partial charge on any atom is -0.460 e. The summed E-state index contributed by atoms with van der Waals surface area (Å²) in [5.74, 6) is -1.19. The molecule has 0 aromatic carbocycles. The third-order valence-corrected chi connectivity index (χ3v) is 6.78. The lowest BCUT2D eigenvalue weighted by Crippen LogP contribution is -2.72. The van der Waals surface area contributed by atoms with Crippen molar-refractivity contribution >= 4 is 11.9 Å². The lowest BCUT2D eigenvalue weighted by molar-refractivity contribution is -0.196. The van der Waals surface area contributed by atoms with Gasteiger partial charge in [0.05, 0.1) is 17.2 Å². The first-order valence-corrected chi connectivity index (χ1v) is 11.2. The molecular formula is C23H30F3N3O3. The van der Waals surface area contributed by atoms with Crippen LogP contribution in [0.5, 0.6) is 0 Å². The van der Waals surface area contributed by atoms with Crippen LogP contribution >= 0.6 is 0 Å². The van der Waals surface area contributed by atoms with Crippen molar-refractivity contribution in [3.63, 3.8) is 0 Å². The molecule has 5 atom stereocenters. The van der Waals surface area contributed by atoms with Gasteiger partial charge in [-0.05, 0) is 51.7 Å². The Morgan fingerprint density at radius 2 is 1.91 bits per heavy atom. The predicted octanol–water partition coefficient (Wildman–Crippen LogP) is 3.56. The first kappa shape index (κ1) is 23.0. The molecule has 0 N–H and O–H groups in total. The number of alkyl halides is 3. The number of rotatable bonds is 4. The molecule has 0 radical (unpaired) electrons. The number of hydrogen-bond donors (Lipinski definition) is 0. The Bertz CT molecular complexity index is 854.